The van der Waals surface area contributed by atoms with Crippen molar-refractivity contribution in [1.82, 2.24) is 16.3 Å². The molecular weight excluding hydrogens is 1580 g/mol. The van der Waals surface area contributed by atoms with E-state index in [1.54, 1.807) is 53.6 Å². The molecule has 2 aromatic carbocycles. The predicted octanol–water partition coefficient (Wildman–Crippen LogP) is 0.924. The van der Waals surface area contributed by atoms with Gasteiger partial charge in [-0.2, -0.15) is 0 Å². The lowest BCUT2D eigenvalue weighted by Crippen LogP contribution is -2.56. The third-order valence-electron chi connectivity index (χ3n) is 14.3. The number of Topliss-reactive ketones (excluding diaryl/α,β-unsaturated/α-hetero) is 9. The molecule has 0 saturated heterocycles. The van der Waals surface area contributed by atoms with E-state index in [0.29, 0.717) is 82.6 Å². The van der Waals surface area contributed by atoms with Gasteiger partial charge in [-0.15, -0.1) is 0 Å². The van der Waals surface area contributed by atoms with Crippen molar-refractivity contribution in [3.8, 4) is 23.0 Å². The first-order valence-electron chi connectivity index (χ1n) is 36.9. The zero-order chi connectivity index (χ0) is 87.2. The van der Waals surface area contributed by atoms with Crippen molar-refractivity contribution in [3.63, 3.8) is 0 Å². The molecule has 37 nitrogen and oxygen atoms in total. The second-order valence-corrected chi connectivity index (χ2v) is 46.2. The molecule has 0 heterocycles. The number of unbranched alkanes of at least 4 members (excludes halogenated alkanes) is 2. The van der Waals surface area contributed by atoms with Crippen LogP contribution in [0, 0.1) is 0 Å². The summed E-state index contributed by atoms with van der Waals surface area (Å²) in [5.41, 5.74) is 53.8. The van der Waals surface area contributed by atoms with Crippen molar-refractivity contribution in [2.75, 3.05) is 136 Å². The van der Waals surface area contributed by atoms with E-state index in [0.717, 1.165) is 49.1 Å². The molecule has 3 amide bonds. The number of hydrogen-bond donors (Lipinski definition) is 15. The van der Waals surface area contributed by atoms with Crippen molar-refractivity contribution in [3.05, 3.63) is 47.0 Å². The number of ketones is 9. The summed E-state index contributed by atoms with van der Waals surface area (Å²) in [6, 6.07) is 10.1. The molecule has 0 radical (unpaired) electrons. The van der Waals surface area contributed by atoms with Gasteiger partial charge in [-0.25, -0.2) is 17.5 Å². The predicted molar refractivity (Wildman–Crippen MR) is 449 cm³/mol. The van der Waals surface area contributed by atoms with Crippen LogP contribution in [-0.2, 0) is 79.9 Å². The summed E-state index contributed by atoms with van der Waals surface area (Å²) in [7, 11) is -5.35. The summed E-state index contributed by atoms with van der Waals surface area (Å²) in [6.07, 6.45) is 5.62. The largest absolute Gasteiger partial charge is 0.493 e. The van der Waals surface area contributed by atoms with Gasteiger partial charge in [-0.05, 0) is 127 Å². The minimum atomic E-state index is -2.35. The molecule has 0 unspecified atom stereocenters. The number of nitrogen functional groups attached to an aromatic ring is 1. The third-order valence-corrected chi connectivity index (χ3v) is 32.1. The van der Waals surface area contributed by atoms with E-state index in [-0.39, 0.29) is 178 Å². The second-order valence-electron chi connectivity index (χ2n) is 27.5. The maximum absolute atomic E-state index is 11.8. The monoisotopic (exact) mass is 1710 g/mol. The SMILES string of the molecule is CC(C)(C)c1cc(OCC(=O)NN)ccc1OCC(=O)CN.CCOc1cc(C(=O)NN)c(OCC)cc1C(=O)CN.C[Si](C)(CCCCC(=O)CN)O[Si](C)(C)O[Si](C)(C)O[Si](C)(C)CCCCC(=O)CN.NCC(=O)CC(=O)CN.NCC(=O)CCSSCCC(=O)NN.NCC(=O)COCCOCCOCC(=O)CN. The molecule has 2 rings (SSSR count). The highest BCUT2D eigenvalue weighted by molar-refractivity contribution is 8.76. The number of amides is 3. The number of ether oxygens (including phenoxy) is 7. The quantitative estimate of drug-likeness (QED) is 0.00640. The van der Waals surface area contributed by atoms with Crippen LogP contribution in [0.2, 0.25) is 64.5 Å². The lowest BCUT2D eigenvalue weighted by Gasteiger charge is -2.41. The van der Waals surface area contributed by atoms with Crippen molar-refractivity contribution < 1.29 is 103 Å². The highest BCUT2D eigenvalue weighted by Gasteiger charge is 2.43. The zero-order valence-corrected chi connectivity index (χ0v) is 74.4. The highest BCUT2D eigenvalue weighted by Crippen LogP contribution is 2.35. The van der Waals surface area contributed by atoms with Gasteiger partial charge in [0.05, 0.1) is 116 Å². The molecule has 0 saturated carbocycles. The fraction of sp³-hybridized carbons (Fsp3) is 0.657. The van der Waals surface area contributed by atoms with Gasteiger partial charge >= 0.3 is 17.1 Å². The maximum atomic E-state index is 11.8. The summed E-state index contributed by atoms with van der Waals surface area (Å²) >= 11 is 0. The van der Waals surface area contributed by atoms with Gasteiger partial charge in [0.2, 0.25) is 5.91 Å². The summed E-state index contributed by atoms with van der Waals surface area (Å²) < 4.78 is 56.5. The van der Waals surface area contributed by atoms with Crippen LogP contribution in [0.3, 0.4) is 0 Å². The first-order valence-corrected chi connectivity index (χ1v) is 51.2. The van der Waals surface area contributed by atoms with E-state index in [9.17, 15) is 57.5 Å². The number of rotatable bonds is 56. The van der Waals surface area contributed by atoms with Gasteiger partial charge in [0.15, 0.2) is 57.9 Å². The molecule has 0 spiro atoms. The Morgan fingerprint density at radius 3 is 1.19 bits per heavy atom. The molecule has 2 aromatic rings. The average molecular weight is 1720 g/mol. The van der Waals surface area contributed by atoms with Crippen LogP contribution in [0.5, 0.6) is 23.0 Å². The van der Waals surface area contributed by atoms with Crippen molar-refractivity contribution in [1.29, 1.82) is 0 Å². The fourth-order valence-corrected chi connectivity index (χ4v) is 30.7. The third kappa shape index (κ3) is 61.9. The van der Waals surface area contributed by atoms with Crippen LogP contribution >= 0.6 is 21.6 Å². The van der Waals surface area contributed by atoms with Gasteiger partial charge in [-0.1, -0.05) is 55.2 Å². The van der Waals surface area contributed by atoms with Crippen molar-refractivity contribution >= 4 is 125 Å². The minimum absolute atomic E-state index is 0.0101. The summed E-state index contributed by atoms with van der Waals surface area (Å²) in [5, 5.41) is 0. The van der Waals surface area contributed by atoms with E-state index < -0.39 is 45.6 Å². The molecule has 0 fully saturated rings. The van der Waals surface area contributed by atoms with Crippen molar-refractivity contribution in [2.45, 2.75) is 162 Å². The first kappa shape index (κ1) is 113. The Labute approximate surface area is 678 Å². The Bertz CT molecular complexity index is 3000. The molecule has 27 N–H and O–H groups in total. The Hall–Kier alpha value is -6.07. The number of nitrogens with two attached hydrogens (primary N) is 12. The number of hydrogen-bond acceptors (Lipinski definition) is 36. The molecule has 113 heavy (non-hydrogen) atoms. The fourth-order valence-electron chi connectivity index (χ4n) is 9.20. The number of nitrogens with one attached hydrogen (secondary N) is 3. The Kier molecular flexibility index (Phi) is 66.1. The molecule has 43 heteroatoms. The Morgan fingerprint density at radius 1 is 0.398 bits per heavy atom. The van der Waals surface area contributed by atoms with Crippen molar-refractivity contribution in [2.24, 2.45) is 69.1 Å². The Balaban J connectivity index is -0.000000653. The van der Waals surface area contributed by atoms with Crippen LogP contribution in [0.1, 0.15) is 119 Å². The topological polar surface area (TPSA) is 645 Å². The molecule has 0 aromatic heterocycles. The molecule has 0 aliphatic heterocycles. The lowest BCUT2D eigenvalue weighted by molar-refractivity contribution is -0.126. The number of carbonyl (C=O) groups excluding carboxylic acids is 12. The van der Waals surface area contributed by atoms with Crippen LogP contribution in [0.15, 0.2) is 30.3 Å². The van der Waals surface area contributed by atoms with Gasteiger partial charge in [0, 0.05) is 42.8 Å². The molecule has 0 aliphatic carbocycles. The number of benzene rings is 2. The summed E-state index contributed by atoms with van der Waals surface area (Å²) in [6.45, 7) is 28.8. The molecular formula is C70H135N15O22S2Si4. The smallest absolute Gasteiger partial charge is 0.312 e. The normalized spacial score (nSPS) is 11.1. The number of hydrazine groups is 3. The standard InChI is InChI=1S/C20H48N2O5Si4.C15H23N3O4.C13H19N3O4.C10H20N2O5.C7H15N3O2S2.C5H10N2O2/c1-28(2,15-11-9-13-19(23)17-21)25-30(5,6)27-31(7,8)26-29(3,4)16-12-10-14-20(24)18-22;1-15(2,3)12-6-11(21-9-14(20)18-17)4-5-13(12)22-8-10(19)7-16;1-3-19-11-6-9(13(18)16-15)12(20-4-2)5-8(11)10(17)7-14;11-5-9(13)7-16-3-1-15-2-4-17-8-10(14)6-12;8-5-6(11)1-3-13-14-4-2-7(12)10-9;6-2-4(8)1-5(9)3-7/h9-18,21-22H2,1-8H3;4-6H,7-9,16-17H2,1-3H3,(H,18,20);5-6H,3-4,7,14-15H2,1-2H3,(H,16,18);1-8,11-12H2;1-5,8-9H2,(H,10,12);1-3,6-7H2. The zero-order valence-electron chi connectivity index (χ0n) is 68.7. The molecule has 650 valence electrons. The summed E-state index contributed by atoms with van der Waals surface area (Å²) in [4.78, 5) is 132. The highest BCUT2D eigenvalue weighted by atomic mass is 33.1. The van der Waals surface area contributed by atoms with E-state index in [1.165, 1.54) is 12.1 Å². The Morgan fingerprint density at radius 2 is 0.796 bits per heavy atom. The van der Waals surface area contributed by atoms with E-state index in [2.05, 4.69) is 57.8 Å². The van der Waals surface area contributed by atoms with Crippen LogP contribution in [0.4, 0.5) is 0 Å². The lowest BCUT2D eigenvalue weighted by atomic mass is 9.86. The van der Waals surface area contributed by atoms with Crippen LogP contribution in [0.25, 0.3) is 0 Å². The first-order chi connectivity index (χ1) is 53.0. The van der Waals surface area contributed by atoms with Crippen LogP contribution < -0.4 is 104 Å². The molecule has 0 atom stereocenters. The van der Waals surface area contributed by atoms with E-state index in [1.807, 2.05) is 31.6 Å². The van der Waals surface area contributed by atoms with Gasteiger partial charge in [0.1, 0.15) is 60.2 Å². The van der Waals surface area contributed by atoms with Gasteiger partial charge in [-0.3, -0.25) is 73.8 Å². The van der Waals surface area contributed by atoms with Gasteiger partial charge in [0.25, 0.3) is 11.8 Å². The minimum Gasteiger partial charge on any atom is -0.493 e. The second kappa shape index (κ2) is 66.0. The summed E-state index contributed by atoms with van der Waals surface area (Å²) in [5.74, 6) is 16.0. The van der Waals surface area contributed by atoms with E-state index >= 15 is 0 Å². The molecule has 0 aliphatic rings. The van der Waals surface area contributed by atoms with Gasteiger partial charge < -0.3 is 97.1 Å². The van der Waals surface area contributed by atoms with E-state index in [4.69, 9.17) is 115 Å². The average Bonchev–Trinajstić information content (AvgIpc) is 0.823. The maximum Gasteiger partial charge on any atom is 0.312 e. The molecule has 0 bridgehead atoms. The van der Waals surface area contributed by atoms with Crippen LogP contribution in [-0.4, -0.2) is 240 Å². The number of carbonyl (C=O) groups is 12.